The van der Waals surface area contributed by atoms with Crippen LogP contribution in [0.4, 0.5) is 0 Å². The summed E-state index contributed by atoms with van der Waals surface area (Å²) in [6.07, 6.45) is 1.15. The molecule has 0 aromatic rings. The number of hydrogen-bond donors (Lipinski definition) is 1. The third kappa shape index (κ3) is 10.5. The number of thioether (sulfide) groups is 1. The standard InChI is InChI=1S/C10H19NO3S.C8H16ClNO2/c1-6(2)4-7(3)10-9(11(13)14)8(12)5-15-10;1-6(2)4-7(3)8(9)5-10(11)12/h6-10,12H,4-5H2,1-3H3;6-8H,4-5H2,1-3H3. The number of aliphatic hydroxyl groups excluding tert-OH is 1. The van der Waals surface area contributed by atoms with E-state index in [9.17, 15) is 25.3 Å². The van der Waals surface area contributed by atoms with Crippen LogP contribution in [0.15, 0.2) is 0 Å². The van der Waals surface area contributed by atoms with Crippen molar-refractivity contribution in [2.45, 2.75) is 77.2 Å². The van der Waals surface area contributed by atoms with Crippen molar-refractivity contribution in [1.29, 1.82) is 0 Å². The molecule has 0 bridgehead atoms. The molecule has 1 rings (SSSR count). The highest BCUT2D eigenvalue weighted by atomic mass is 35.5. The van der Waals surface area contributed by atoms with Crippen molar-refractivity contribution in [3.8, 4) is 0 Å². The minimum Gasteiger partial charge on any atom is -0.385 e. The monoisotopic (exact) mass is 426 g/mol. The Bertz CT molecular complexity index is 467. The molecule has 1 N–H and O–H groups in total. The van der Waals surface area contributed by atoms with Crippen molar-refractivity contribution in [1.82, 2.24) is 0 Å². The topological polar surface area (TPSA) is 107 Å². The quantitative estimate of drug-likeness (QED) is 0.333. The van der Waals surface area contributed by atoms with Crippen molar-refractivity contribution in [3.05, 3.63) is 20.2 Å². The second-order valence-electron chi connectivity index (χ2n) is 8.39. The van der Waals surface area contributed by atoms with Crippen LogP contribution in [0.5, 0.6) is 0 Å². The minimum absolute atomic E-state index is 0.0302. The lowest BCUT2D eigenvalue weighted by Gasteiger charge is -2.22. The van der Waals surface area contributed by atoms with Gasteiger partial charge in [0.15, 0.2) is 0 Å². The summed E-state index contributed by atoms with van der Waals surface area (Å²) in [7, 11) is 0. The Labute approximate surface area is 171 Å². The number of hydrogen-bond acceptors (Lipinski definition) is 6. The Balaban J connectivity index is 0.000000516. The van der Waals surface area contributed by atoms with Gasteiger partial charge in [0.1, 0.15) is 11.5 Å². The summed E-state index contributed by atoms with van der Waals surface area (Å²) >= 11 is 7.37. The van der Waals surface area contributed by atoms with E-state index in [-0.39, 0.29) is 32.9 Å². The lowest BCUT2D eigenvalue weighted by Crippen LogP contribution is -2.40. The van der Waals surface area contributed by atoms with E-state index in [0.717, 1.165) is 12.8 Å². The molecule has 0 aliphatic carbocycles. The maximum absolute atomic E-state index is 10.8. The van der Waals surface area contributed by atoms with E-state index < -0.39 is 12.1 Å². The van der Waals surface area contributed by atoms with Gasteiger partial charge in [-0.2, -0.15) is 0 Å². The zero-order valence-electron chi connectivity index (χ0n) is 17.2. The van der Waals surface area contributed by atoms with Crippen molar-refractivity contribution in [3.63, 3.8) is 0 Å². The molecule has 1 saturated heterocycles. The van der Waals surface area contributed by atoms with Gasteiger partial charge >= 0.3 is 0 Å². The van der Waals surface area contributed by atoms with Gasteiger partial charge in [-0.1, -0.05) is 41.5 Å². The summed E-state index contributed by atoms with van der Waals surface area (Å²) in [5, 5.41) is 30.2. The van der Waals surface area contributed by atoms with Crippen LogP contribution in [0, 0.1) is 43.9 Å². The van der Waals surface area contributed by atoms with E-state index in [1.165, 1.54) is 0 Å². The number of rotatable bonds is 9. The van der Waals surface area contributed by atoms with E-state index in [2.05, 4.69) is 27.7 Å². The SMILES string of the molecule is CC(C)CC(C)C(Cl)C[N+](=O)[O-].CC(C)CC(C)C1SCC(O)C1[N+](=O)[O-]. The molecule has 27 heavy (non-hydrogen) atoms. The van der Waals surface area contributed by atoms with Crippen molar-refractivity contribution < 1.29 is 15.0 Å². The molecular formula is C18H35ClN2O5S. The molecule has 7 nitrogen and oxygen atoms in total. The van der Waals surface area contributed by atoms with Gasteiger partial charge in [0.25, 0.3) is 6.04 Å². The molecule has 1 aliphatic rings. The molecule has 1 heterocycles. The Morgan fingerprint density at radius 2 is 1.59 bits per heavy atom. The molecule has 0 aromatic carbocycles. The minimum atomic E-state index is -0.774. The summed E-state index contributed by atoms with van der Waals surface area (Å²) in [5.41, 5.74) is 0. The van der Waals surface area contributed by atoms with Crippen molar-refractivity contribution >= 4 is 23.4 Å². The molecule has 160 valence electrons. The third-order valence-corrected chi connectivity index (χ3v) is 6.85. The van der Waals surface area contributed by atoms with Crippen LogP contribution < -0.4 is 0 Å². The molecule has 0 spiro atoms. The molecule has 0 radical (unpaired) electrons. The van der Waals surface area contributed by atoms with Gasteiger partial charge in [0.2, 0.25) is 6.54 Å². The first-order valence-electron chi connectivity index (χ1n) is 9.55. The Hall–Kier alpha value is -0.600. The highest BCUT2D eigenvalue weighted by molar-refractivity contribution is 8.00. The molecule has 6 unspecified atom stereocenters. The van der Waals surface area contributed by atoms with E-state index >= 15 is 0 Å². The number of halogens is 1. The smallest absolute Gasteiger partial charge is 0.251 e. The van der Waals surface area contributed by atoms with Gasteiger partial charge in [0, 0.05) is 15.6 Å². The summed E-state index contributed by atoms with van der Waals surface area (Å²) in [6.45, 7) is 12.3. The van der Waals surface area contributed by atoms with Gasteiger partial charge in [-0.3, -0.25) is 20.2 Å². The molecule has 1 fully saturated rings. The lowest BCUT2D eigenvalue weighted by atomic mass is 9.91. The number of nitro groups is 2. The fourth-order valence-electron chi connectivity index (χ4n) is 3.48. The van der Waals surface area contributed by atoms with Gasteiger partial charge in [-0.25, -0.2) is 0 Å². The first-order chi connectivity index (χ1) is 12.4. The molecule has 0 saturated carbocycles. The van der Waals surface area contributed by atoms with Gasteiger partial charge in [-0.05, 0) is 36.5 Å². The predicted molar refractivity (Wildman–Crippen MR) is 112 cm³/mol. The first-order valence-corrected chi connectivity index (χ1v) is 11.0. The highest BCUT2D eigenvalue weighted by Gasteiger charge is 2.47. The summed E-state index contributed by atoms with van der Waals surface area (Å²) in [6, 6.07) is -0.774. The van der Waals surface area contributed by atoms with E-state index in [1.54, 1.807) is 11.8 Å². The summed E-state index contributed by atoms with van der Waals surface area (Å²) in [4.78, 5) is 20.3. The molecule has 6 atom stereocenters. The van der Waals surface area contributed by atoms with Crippen LogP contribution in [0.3, 0.4) is 0 Å². The average molecular weight is 427 g/mol. The largest absolute Gasteiger partial charge is 0.385 e. The Morgan fingerprint density at radius 3 is 2.00 bits per heavy atom. The zero-order chi connectivity index (χ0) is 21.3. The highest BCUT2D eigenvalue weighted by Crippen LogP contribution is 2.36. The van der Waals surface area contributed by atoms with Gasteiger partial charge in [-0.15, -0.1) is 23.4 Å². The second kappa shape index (κ2) is 12.8. The lowest BCUT2D eigenvalue weighted by molar-refractivity contribution is -0.532. The van der Waals surface area contributed by atoms with Gasteiger partial charge < -0.3 is 5.11 Å². The fraction of sp³-hybridized carbons (Fsp3) is 1.00. The van der Waals surface area contributed by atoms with Crippen LogP contribution in [0.1, 0.15) is 54.4 Å². The van der Waals surface area contributed by atoms with Crippen LogP contribution in [-0.4, -0.2) is 50.0 Å². The van der Waals surface area contributed by atoms with Crippen LogP contribution in [0.25, 0.3) is 0 Å². The van der Waals surface area contributed by atoms with Crippen LogP contribution in [-0.2, 0) is 0 Å². The van der Waals surface area contributed by atoms with Crippen molar-refractivity contribution in [2.24, 2.45) is 23.7 Å². The van der Waals surface area contributed by atoms with Crippen LogP contribution >= 0.6 is 23.4 Å². The van der Waals surface area contributed by atoms with E-state index in [4.69, 9.17) is 11.6 Å². The average Bonchev–Trinajstić information content (AvgIpc) is 2.87. The van der Waals surface area contributed by atoms with E-state index in [1.807, 2.05) is 13.8 Å². The zero-order valence-corrected chi connectivity index (χ0v) is 18.8. The normalized spacial score (nSPS) is 25.6. The van der Waals surface area contributed by atoms with E-state index in [0.29, 0.717) is 23.5 Å². The summed E-state index contributed by atoms with van der Waals surface area (Å²) < 4.78 is 0. The van der Waals surface area contributed by atoms with Gasteiger partial charge in [0.05, 0.1) is 5.25 Å². The molecule has 0 amide bonds. The number of aliphatic hydroxyl groups is 1. The molecule has 9 heteroatoms. The van der Waals surface area contributed by atoms with Crippen molar-refractivity contribution in [2.75, 3.05) is 12.3 Å². The maximum atomic E-state index is 10.8. The Morgan fingerprint density at radius 1 is 1.07 bits per heavy atom. The second-order valence-corrected chi connectivity index (χ2v) is 10.2. The van der Waals surface area contributed by atoms with Crippen LogP contribution in [0.2, 0.25) is 0 Å². The number of nitrogens with zero attached hydrogens (tertiary/aromatic N) is 2. The Kier molecular flexibility index (Phi) is 12.5. The third-order valence-electron chi connectivity index (χ3n) is 4.62. The molecular weight excluding hydrogens is 392 g/mol. The first kappa shape index (κ1) is 26.4. The molecule has 0 aromatic heterocycles. The molecule has 1 aliphatic heterocycles. The summed E-state index contributed by atoms with van der Waals surface area (Å²) in [5.74, 6) is 2.11. The predicted octanol–water partition coefficient (Wildman–Crippen LogP) is 4.34. The fourth-order valence-corrected chi connectivity index (χ4v) is 5.23. The maximum Gasteiger partial charge on any atom is 0.251 e. The number of alkyl halides is 1.